The number of aryl methyl sites for hydroxylation is 2. The van der Waals surface area contributed by atoms with Gasteiger partial charge in [0, 0.05) is 16.4 Å². The molecule has 7 heteroatoms. The van der Waals surface area contributed by atoms with Gasteiger partial charge in [0.15, 0.2) is 6.07 Å². The van der Waals surface area contributed by atoms with E-state index in [1.165, 1.54) is 24.2 Å². The van der Waals surface area contributed by atoms with Crippen molar-refractivity contribution in [1.29, 1.82) is 0 Å². The molecule has 33 heavy (non-hydrogen) atoms. The third kappa shape index (κ3) is 6.28. The lowest BCUT2D eigenvalue weighted by molar-refractivity contribution is 0.389. The zero-order valence-electron chi connectivity index (χ0n) is 18.6. The van der Waals surface area contributed by atoms with Crippen molar-refractivity contribution in [2.45, 2.75) is 45.1 Å². The van der Waals surface area contributed by atoms with E-state index in [-0.39, 0.29) is 30.2 Å². The highest BCUT2D eigenvalue weighted by atomic mass is 35.5. The molecular weight excluding hydrogens is 478 g/mol. The van der Waals surface area contributed by atoms with Crippen LogP contribution in [0, 0.1) is 37.4 Å². The summed E-state index contributed by atoms with van der Waals surface area (Å²) in [6, 6.07) is 12.7. The Morgan fingerprint density at radius 1 is 1.21 bits per heavy atom. The van der Waals surface area contributed by atoms with Gasteiger partial charge in [0.2, 0.25) is 0 Å². The molecule has 0 radical (unpaired) electrons. The first-order valence-electron chi connectivity index (χ1n) is 10.7. The predicted molar refractivity (Wildman–Crippen MR) is 137 cm³/mol. The summed E-state index contributed by atoms with van der Waals surface area (Å²) in [5, 5.41) is 0.755. The van der Waals surface area contributed by atoms with Gasteiger partial charge in [-0.25, -0.2) is 9.37 Å². The van der Waals surface area contributed by atoms with Gasteiger partial charge < -0.3 is 10.5 Å². The molecule has 0 amide bonds. The lowest BCUT2D eigenvalue weighted by Gasteiger charge is -2.12. The van der Waals surface area contributed by atoms with Crippen LogP contribution in [0.3, 0.4) is 0 Å². The summed E-state index contributed by atoms with van der Waals surface area (Å²) in [5.74, 6) is 7.68. The van der Waals surface area contributed by atoms with Crippen molar-refractivity contribution >= 4 is 35.3 Å². The van der Waals surface area contributed by atoms with E-state index in [0.29, 0.717) is 17.2 Å². The number of nitrogens with zero attached hydrogens (tertiary/aromatic N) is 1. The number of aromatic nitrogens is 1. The fraction of sp³-hybridized carbons (Fsp3) is 0.346. The topological polar surface area (TPSA) is 48.1 Å². The molecule has 3 aromatic rings. The molecule has 1 aliphatic rings. The monoisotopic (exact) mass is 504 g/mol. The first kappa shape index (κ1) is 25.5. The average Bonchev–Trinajstić information content (AvgIpc) is 3.52. The van der Waals surface area contributed by atoms with Crippen molar-refractivity contribution in [3.63, 3.8) is 0 Å². The second-order valence-electron chi connectivity index (χ2n) is 8.21. The van der Waals surface area contributed by atoms with E-state index < -0.39 is 6.04 Å². The van der Waals surface area contributed by atoms with Crippen LogP contribution in [-0.2, 0) is 0 Å². The molecule has 2 atom stereocenters. The summed E-state index contributed by atoms with van der Waals surface area (Å²) in [5.41, 5.74) is 9.71. The van der Waals surface area contributed by atoms with Crippen molar-refractivity contribution < 1.29 is 9.13 Å². The molecular formula is C26H27Cl2FN2OS. The minimum absolute atomic E-state index is 0. The largest absolute Gasteiger partial charge is 0.477 e. The van der Waals surface area contributed by atoms with Crippen LogP contribution >= 0.6 is 35.3 Å². The molecule has 1 unspecified atom stereocenters. The van der Waals surface area contributed by atoms with Gasteiger partial charge in [0.05, 0.1) is 5.69 Å². The van der Waals surface area contributed by atoms with Gasteiger partial charge >= 0.3 is 0 Å². The Balaban J connectivity index is 0.00000306. The van der Waals surface area contributed by atoms with Crippen LogP contribution in [0.5, 0.6) is 5.75 Å². The third-order valence-electron chi connectivity index (χ3n) is 5.71. The smallest absolute Gasteiger partial charge is 0.162 e. The zero-order chi connectivity index (χ0) is 22.7. The fourth-order valence-corrected chi connectivity index (χ4v) is 4.70. The summed E-state index contributed by atoms with van der Waals surface area (Å²) in [6.45, 7) is 3.79. The standard InChI is InChI=1S/C26H26ClFN2OS.ClH/c1-16-7-10-20(14-22(16)28)19(13-18-8-9-18)11-12-23(29)26-30-25(17(2)32-26)21-5-3-4-6-24(21)31-15-27;/h3-7,10,14,18-19,23H,8-9,13,15,29H2,1-2H3;1H/t19-,23?;/m0./s1. The normalized spacial score (nSPS) is 14.6. The Hall–Kier alpha value is -2.10. The number of benzene rings is 2. The summed E-state index contributed by atoms with van der Waals surface area (Å²) < 4.78 is 19.7. The molecule has 1 aliphatic carbocycles. The maximum absolute atomic E-state index is 14.2. The highest BCUT2D eigenvalue weighted by molar-refractivity contribution is 7.12. The van der Waals surface area contributed by atoms with E-state index in [0.717, 1.165) is 33.1 Å². The van der Waals surface area contributed by atoms with E-state index in [2.05, 4.69) is 11.8 Å². The molecule has 0 saturated heterocycles. The number of para-hydroxylation sites is 1. The van der Waals surface area contributed by atoms with Crippen LogP contribution < -0.4 is 10.5 Å². The maximum atomic E-state index is 14.2. The van der Waals surface area contributed by atoms with Crippen LogP contribution in [0.4, 0.5) is 4.39 Å². The molecule has 3 nitrogen and oxygen atoms in total. The lowest BCUT2D eigenvalue weighted by Crippen LogP contribution is -2.08. The predicted octanol–water partition coefficient (Wildman–Crippen LogP) is 7.15. The SMILES string of the molecule is Cc1ccc([C@@H](C#CC(N)c2nc(-c3ccccc3OCCl)c(C)s2)CC2CC2)cc1F.Cl. The van der Waals surface area contributed by atoms with Crippen molar-refractivity contribution in [3.8, 4) is 28.8 Å². The number of rotatable bonds is 7. The minimum Gasteiger partial charge on any atom is -0.477 e. The van der Waals surface area contributed by atoms with Gasteiger partial charge in [-0.2, -0.15) is 0 Å². The number of ether oxygens (including phenoxy) is 1. The number of hydrogen-bond acceptors (Lipinski definition) is 4. The van der Waals surface area contributed by atoms with Gasteiger partial charge in [-0.3, -0.25) is 0 Å². The van der Waals surface area contributed by atoms with Crippen LogP contribution in [0.15, 0.2) is 42.5 Å². The molecule has 1 saturated carbocycles. The van der Waals surface area contributed by atoms with Gasteiger partial charge in [0.1, 0.15) is 22.6 Å². The highest BCUT2D eigenvalue weighted by Crippen LogP contribution is 2.39. The van der Waals surface area contributed by atoms with Gasteiger partial charge in [-0.05, 0) is 55.5 Å². The van der Waals surface area contributed by atoms with Gasteiger partial charge in [0.25, 0.3) is 0 Å². The van der Waals surface area contributed by atoms with E-state index in [1.807, 2.05) is 43.3 Å². The van der Waals surface area contributed by atoms with Crippen molar-refractivity contribution in [2.24, 2.45) is 11.7 Å². The first-order chi connectivity index (χ1) is 15.5. The maximum Gasteiger partial charge on any atom is 0.162 e. The molecule has 4 rings (SSSR count). The molecule has 174 valence electrons. The minimum atomic E-state index is -0.509. The van der Waals surface area contributed by atoms with Crippen LogP contribution in [0.1, 0.15) is 52.2 Å². The number of nitrogens with two attached hydrogens (primary N) is 1. The lowest BCUT2D eigenvalue weighted by atomic mass is 9.93. The molecule has 2 N–H and O–H groups in total. The van der Waals surface area contributed by atoms with E-state index in [9.17, 15) is 4.39 Å². The number of alkyl halides is 1. The summed E-state index contributed by atoms with van der Waals surface area (Å²) in [7, 11) is 0. The Morgan fingerprint density at radius 3 is 2.67 bits per heavy atom. The number of halogens is 3. The molecule has 0 bridgehead atoms. The summed E-state index contributed by atoms with van der Waals surface area (Å²) in [4.78, 5) is 5.82. The quantitative estimate of drug-likeness (QED) is 0.274. The van der Waals surface area contributed by atoms with Crippen LogP contribution in [0.25, 0.3) is 11.3 Å². The Morgan fingerprint density at radius 2 is 1.97 bits per heavy atom. The molecule has 1 fully saturated rings. The van der Waals surface area contributed by atoms with Crippen molar-refractivity contribution in [2.75, 3.05) is 6.07 Å². The molecule has 0 aliphatic heterocycles. The van der Waals surface area contributed by atoms with Crippen molar-refractivity contribution in [3.05, 3.63) is 69.3 Å². The first-order valence-corrected chi connectivity index (χ1v) is 12.1. The zero-order valence-corrected chi connectivity index (χ0v) is 21.0. The van der Waals surface area contributed by atoms with Crippen molar-refractivity contribution in [1.82, 2.24) is 4.98 Å². The van der Waals surface area contributed by atoms with E-state index in [1.54, 1.807) is 13.0 Å². The number of thiazole rings is 1. The summed E-state index contributed by atoms with van der Waals surface area (Å²) >= 11 is 7.30. The number of hydrogen-bond donors (Lipinski definition) is 1. The van der Waals surface area contributed by atoms with Gasteiger partial charge in [-0.15, -0.1) is 23.7 Å². The van der Waals surface area contributed by atoms with E-state index in [4.69, 9.17) is 27.1 Å². The van der Waals surface area contributed by atoms with Gasteiger partial charge in [-0.1, -0.05) is 60.5 Å². The Labute approximate surface area is 209 Å². The second-order valence-corrected chi connectivity index (χ2v) is 9.67. The molecule has 1 heterocycles. The Kier molecular flexibility index (Phi) is 8.78. The Bertz CT molecular complexity index is 1170. The molecule has 0 spiro atoms. The third-order valence-corrected chi connectivity index (χ3v) is 6.87. The summed E-state index contributed by atoms with van der Waals surface area (Å²) in [6.07, 6.45) is 3.38. The second kappa shape index (κ2) is 11.4. The molecule has 1 aromatic heterocycles. The highest BCUT2D eigenvalue weighted by Gasteiger charge is 2.26. The fourth-order valence-electron chi connectivity index (χ4n) is 3.69. The average molecular weight is 505 g/mol. The van der Waals surface area contributed by atoms with E-state index >= 15 is 0 Å². The van der Waals surface area contributed by atoms with Crippen LogP contribution in [-0.4, -0.2) is 11.1 Å². The molecule has 2 aromatic carbocycles. The van der Waals surface area contributed by atoms with Crippen LogP contribution in [0.2, 0.25) is 0 Å².